The first-order valence-corrected chi connectivity index (χ1v) is 15.3. The van der Waals surface area contributed by atoms with Gasteiger partial charge in [0.05, 0.1) is 21.4 Å². The van der Waals surface area contributed by atoms with E-state index in [0.717, 1.165) is 11.1 Å². The third-order valence-electron chi connectivity index (χ3n) is 7.26. The van der Waals surface area contributed by atoms with Gasteiger partial charge in [-0.25, -0.2) is 13.3 Å². The predicted molar refractivity (Wildman–Crippen MR) is 158 cm³/mol. The van der Waals surface area contributed by atoms with E-state index in [4.69, 9.17) is 21.1 Å². The zero-order chi connectivity index (χ0) is 29.4. The number of hydrogen-bond acceptors (Lipinski definition) is 5. The van der Waals surface area contributed by atoms with Crippen molar-refractivity contribution in [3.8, 4) is 0 Å². The van der Waals surface area contributed by atoms with Crippen molar-refractivity contribution in [1.29, 1.82) is 0 Å². The Hall–Kier alpha value is -2.04. The molecule has 0 spiro atoms. The number of nitrogens with one attached hydrogen (secondary N) is 1. The van der Waals surface area contributed by atoms with Crippen molar-refractivity contribution in [1.82, 2.24) is 9.62 Å². The molecule has 2 aliphatic heterocycles. The predicted octanol–water partition coefficient (Wildman–Crippen LogP) is 5.77. The van der Waals surface area contributed by atoms with Crippen LogP contribution in [0.25, 0.3) is 0 Å². The van der Waals surface area contributed by atoms with Gasteiger partial charge in [-0.05, 0) is 69.9 Å². The van der Waals surface area contributed by atoms with E-state index in [1.165, 1.54) is 6.07 Å². The summed E-state index contributed by atoms with van der Waals surface area (Å²) < 4.78 is 43.4. The fourth-order valence-corrected chi connectivity index (χ4v) is 6.25. The number of anilines is 1. The third-order valence-corrected chi connectivity index (χ3v) is 9.09. The molecule has 0 aromatic heterocycles. The molecule has 4 atom stereocenters. The van der Waals surface area contributed by atoms with Gasteiger partial charge < -0.3 is 19.3 Å². The van der Waals surface area contributed by atoms with Gasteiger partial charge in [0, 0.05) is 37.2 Å². The monoisotopic (exact) mass is 593 g/mol. The van der Waals surface area contributed by atoms with Gasteiger partial charge in [-0.2, -0.15) is 0 Å². The number of carbonyl (C=O) groups excluding carboxylic acids is 1. The Kier molecular flexibility index (Phi) is 9.32. The van der Waals surface area contributed by atoms with Crippen LogP contribution in [0, 0.1) is 11.7 Å². The number of nitrogens with zero attached hydrogens (tertiary/aromatic N) is 2. The fourth-order valence-electron chi connectivity index (χ4n) is 5.14. The highest BCUT2D eigenvalue weighted by atomic mass is 35.5. The summed E-state index contributed by atoms with van der Waals surface area (Å²) in [5.74, 6) is -1.33. The summed E-state index contributed by atoms with van der Waals surface area (Å²) in [5.41, 5.74) is 2.08. The summed E-state index contributed by atoms with van der Waals surface area (Å²) in [7, 11) is -1.33. The van der Waals surface area contributed by atoms with E-state index in [-0.39, 0.29) is 23.7 Å². The minimum absolute atomic E-state index is 0.0717. The van der Waals surface area contributed by atoms with Gasteiger partial charge in [-0.15, -0.1) is 0 Å². The Labute approximate surface area is 244 Å². The topological polar surface area (TPSA) is 71.1 Å². The van der Waals surface area contributed by atoms with E-state index < -0.39 is 33.7 Å². The maximum absolute atomic E-state index is 15.4. The van der Waals surface area contributed by atoms with Gasteiger partial charge in [0.15, 0.2) is 11.9 Å². The first kappa shape index (κ1) is 30.9. The SMILES string of the molecule is CC(C)[C@H](N[S@@](=O)C(C)(C)C)c1cccc(F)c1N1CCN(C(=O)[C@H]2OC(C)(C)O[C@@H]2c2ccc(Cl)cc2)CC1. The lowest BCUT2D eigenvalue weighted by atomic mass is 9.94. The van der Waals surface area contributed by atoms with Gasteiger partial charge in [-0.1, -0.05) is 49.7 Å². The molecular formula is C30H41ClFN3O4S. The van der Waals surface area contributed by atoms with Crippen molar-refractivity contribution < 1.29 is 22.9 Å². The molecular weight excluding hydrogens is 553 g/mol. The van der Waals surface area contributed by atoms with Crippen LogP contribution < -0.4 is 9.62 Å². The number of benzene rings is 2. The van der Waals surface area contributed by atoms with Crippen LogP contribution in [-0.2, 0) is 25.3 Å². The highest BCUT2D eigenvalue weighted by Crippen LogP contribution is 2.40. The Morgan fingerprint density at radius 1 is 1.07 bits per heavy atom. The van der Waals surface area contributed by atoms with Crippen LogP contribution in [0.2, 0.25) is 5.02 Å². The number of rotatable bonds is 7. The minimum atomic E-state index is -1.33. The molecule has 220 valence electrons. The molecule has 2 fully saturated rings. The number of carbonyl (C=O) groups is 1. The second kappa shape index (κ2) is 12.1. The smallest absolute Gasteiger partial charge is 0.255 e. The Bertz CT molecular complexity index is 1230. The molecule has 0 unspecified atom stereocenters. The number of para-hydroxylation sites is 1. The maximum Gasteiger partial charge on any atom is 0.255 e. The molecule has 0 aliphatic carbocycles. The Balaban J connectivity index is 1.52. The van der Waals surface area contributed by atoms with Crippen LogP contribution in [0.3, 0.4) is 0 Å². The molecule has 1 amide bonds. The van der Waals surface area contributed by atoms with Crippen LogP contribution in [0.1, 0.15) is 71.7 Å². The lowest BCUT2D eigenvalue weighted by molar-refractivity contribution is -0.161. The number of ether oxygens (including phenoxy) is 2. The van der Waals surface area contributed by atoms with Crippen LogP contribution in [-0.4, -0.2) is 57.8 Å². The number of halogens is 2. The lowest BCUT2D eigenvalue weighted by Gasteiger charge is -2.39. The van der Waals surface area contributed by atoms with E-state index in [2.05, 4.69) is 4.72 Å². The quantitative estimate of drug-likeness (QED) is 0.441. The second-order valence-electron chi connectivity index (χ2n) is 12.2. The molecule has 0 bridgehead atoms. The standard InChI is InChI=1S/C30H41ClFN3O4S/c1-19(2)24(33-40(37)29(3,4)5)22-9-8-10-23(32)25(22)34-15-17-35(18-16-34)28(36)27-26(38-30(6,7)39-27)20-11-13-21(31)14-12-20/h8-14,19,24,26-27,33H,15-18H2,1-7H3/t24-,26+,27-,40-/m0/s1. The molecule has 40 heavy (non-hydrogen) atoms. The van der Waals surface area contributed by atoms with Crippen LogP contribution in [0.15, 0.2) is 42.5 Å². The van der Waals surface area contributed by atoms with Gasteiger partial charge in [-0.3, -0.25) is 4.79 Å². The molecule has 2 saturated heterocycles. The van der Waals surface area contributed by atoms with Crippen molar-refractivity contribution in [2.24, 2.45) is 5.92 Å². The number of piperazine rings is 1. The molecule has 7 nitrogen and oxygen atoms in total. The van der Waals surface area contributed by atoms with Gasteiger partial charge >= 0.3 is 0 Å². The van der Waals surface area contributed by atoms with E-state index in [1.54, 1.807) is 36.9 Å². The van der Waals surface area contributed by atoms with E-state index in [0.29, 0.717) is 36.9 Å². The molecule has 2 heterocycles. The van der Waals surface area contributed by atoms with Crippen molar-refractivity contribution in [3.05, 3.63) is 64.4 Å². The van der Waals surface area contributed by atoms with E-state index >= 15 is 4.39 Å². The van der Waals surface area contributed by atoms with Gasteiger partial charge in [0.25, 0.3) is 5.91 Å². The van der Waals surface area contributed by atoms with Gasteiger partial charge in [0.2, 0.25) is 0 Å². The van der Waals surface area contributed by atoms with E-state index in [9.17, 15) is 9.00 Å². The molecule has 2 aromatic rings. The number of hydrogen-bond donors (Lipinski definition) is 1. The van der Waals surface area contributed by atoms with Crippen molar-refractivity contribution in [2.45, 2.75) is 77.3 Å². The van der Waals surface area contributed by atoms with E-state index in [1.807, 2.05) is 57.7 Å². The summed E-state index contributed by atoms with van der Waals surface area (Å²) in [4.78, 5) is 17.4. The average Bonchev–Trinajstić information content (AvgIpc) is 3.21. The molecule has 0 radical (unpaired) electrons. The van der Waals surface area contributed by atoms with Crippen LogP contribution in [0.5, 0.6) is 0 Å². The zero-order valence-corrected chi connectivity index (χ0v) is 25.9. The summed E-state index contributed by atoms with van der Waals surface area (Å²) in [6, 6.07) is 12.0. The molecule has 2 aromatic carbocycles. The zero-order valence-electron chi connectivity index (χ0n) is 24.4. The van der Waals surface area contributed by atoms with Crippen molar-refractivity contribution >= 4 is 34.2 Å². The summed E-state index contributed by atoms with van der Waals surface area (Å²) in [6.07, 6.45) is -1.36. The van der Waals surface area contributed by atoms with Crippen molar-refractivity contribution in [3.63, 3.8) is 0 Å². The first-order valence-electron chi connectivity index (χ1n) is 13.8. The normalized spacial score (nSPS) is 22.9. The molecule has 10 heteroatoms. The molecule has 4 rings (SSSR count). The molecule has 0 saturated carbocycles. The minimum Gasteiger partial charge on any atom is -0.365 e. The number of amides is 1. The van der Waals surface area contributed by atoms with Gasteiger partial charge in [0.1, 0.15) is 11.9 Å². The summed E-state index contributed by atoms with van der Waals surface area (Å²) >= 11 is 6.07. The van der Waals surface area contributed by atoms with Crippen molar-refractivity contribution in [2.75, 3.05) is 31.1 Å². The Morgan fingerprint density at radius 3 is 2.27 bits per heavy atom. The highest BCUT2D eigenvalue weighted by molar-refractivity contribution is 7.84. The third kappa shape index (κ3) is 6.87. The fraction of sp³-hybridized carbons (Fsp3) is 0.567. The maximum atomic E-state index is 15.4. The lowest BCUT2D eigenvalue weighted by Crippen LogP contribution is -2.53. The highest BCUT2D eigenvalue weighted by Gasteiger charge is 2.47. The molecule has 1 N–H and O–H groups in total. The summed E-state index contributed by atoms with van der Waals surface area (Å²) in [6.45, 7) is 15.1. The van der Waals surface area contributed by atoms with Crippen LogP contribution in [0.4, 0.5) is 10.1 Å². The summed E-state index contributed by atoms with van der Waals surface area (Å²) in [5, 5.41) is 0.605. The van der Waals surface area contributed by atoms with Crippen LogP contribution >= 0.6 is 11.6 Å². The molecule has 2 aliphatic rings. The Morgan fingerprint density at radius 2 is 1.70 bits per heavy atom. The average molecular weight is 594 g/mol. The largest absolute Gasteiger partial charge is 0.365 e. The first-order chi connectivity index (χ1) is 18.7. The second-order valence-corrected chi connectivity index (χ2v) is 14.7.